The van der Waals surface area contributed by atoms with Crippen LogP contribution in [0.15, 0.2) is 30.9 Å². The number of hydrogen-bond acceptors (Lipinski definition) is 4. The van der Waals surface area contributed by atoms with Crippen molar-refractivity contribution in [2.45, 2.75) is 19.4 Å². The molecule has 0 amide bonds. The second kappa shape index (κ2) is 6.06. The van der Waals surface area contributed by atoms with Crippen molar-refractivity contribution in [1.82, 2.24) is 0 Å². The number of nitrogens with two attached hydrogens (primary N) is 1. The Balaban J connectivity index is 2.92. The number of rotatable bonds is 5. The Hall–Kier alpha value is -1.81. The van der Waals surface area contributed by atoms with E-state index in [1.165, 1.54) is 7.11 Å². The van der Waals surface area contributed by atoms with E-state index in [2.05, 4.69) is 6.58 Å². The van der Waals surface area contributed by atoms with Gasteiger partial charge in [-0.2, -0.15) is 0 Å². The molecule has 2 N–H and O–H groups in total. The topological polar surface area (TPSA) is 61.5 Å². The van der Waals surface area contributed by atoms with E-state index in [4.69, 9.17) is 15.2 Å². The van der Waals surface area contributed by atoms with Crippen molar-refractivity contribution >= 4 is 5.97 Å². The van der Waals surface area contributed by atoms with Crippen LogP contribution in [0.3, 0.4) is 0 Å². The third kappa shape index (κ3) is 3.60. The second-order valence-electron chi connectivity index (χ2n) is 3.69. The van der Waals surface area contributed by atoms with E-state index in [9.17, 15) is 4.79 Å². The number of carbonyl (C=O) groups excluding carboxylic acids is 1. The minimum absolute atomic E-state index is 0.377. The quantitative estimate of drug-likeness (QED) is 0.479. The van der Waals surface area contributed by atoms with Crippen LogP contribution in [0.5, 0.6) is 11.5 Å². The molecule has 0 bridgehead atoms. The van der Waals surface area contributed by atoms with Crippen LogP contribution in [0, 0.1) is 0 Å². The number of methoxy groups -OCH3 is 1. The largest absolute Gasteiger partial charge is 0.493 e. The smallest absolute Gasteiger partial charge is 0.328 e. The molecule has 0 aliphatic rings. The van der Waals surface area contributed by atoms with Crippen LogP contribution in [0.4, 0.5) is 0 Å². The number of benzene rings is 1. The van der Waals surface area contributed by atoms with Gasteiger partial charge in [0.15, 0.2) is 11.5 Å². The maximum absolute atomic E-state index is 11.4. The fraction of sp³-hybridized carbons (Fsp3) is 0.308. The zero-order chi connectivity index (χ0) is 12.8. The molecule has 0 saturated heterocycles. The highest BCUT2D eigenvalue weighted by atomic mass is 16.6. The Labute approximate surface area is 101 Å². The van der Waals surface area contributed by atoms with Crippen molar-refractivity contribution in [2.75, 3.05) is 7.11 Å². The van der Waals surface area contributed by atoms with Gasteiger partial charge in [0.1, 0.15) is 6.04 Å². The van der Waals surface area contributed by atoms with Crippen molar-refractivity contribution in [3.63, 3.8) is 0 Å². The van der Waals surface area contributed by atoms with Gasteiger partial charge in [0.25, 0.3) is 0 Å². The molecule has 0 radical (unpaired) electrons. The Morgan fingerprint density at radius 1 is 1.53 bits per heavy atom. The fourth-order valence-electron chi connectivity index (χ4n) is 1.29. The minimum Gasteiger partial charge on any atom is -0.493 e. The summed E-state index contributed by atoms with van der Waals surface area (Å²) in [5, 5.41) is 0. The summed E-state index contributed by atoms with van der Waals surface area (Å²) in [6.07, 6.45) is 2.53. The normalized spacial score (nSPS) is 11.7. The SMILES string of the molecule is C=CCc1ccc(OC(=O)C(C)N)c(OC)c1. The molecule has 1 rings (SSSR count). The zero-order valence-corrected chi connectivity index (χ0v) is 10.1. The zero-order valence-electron chi connectivity index (χ0n) is 10.1. The Kier molecular flexibility index (Phi) is 4.72. The highest BCUT2D eigenvalue weighted by Crippen LogP contribution is 2.28. The summed E-state index contributed by atoms with van der Waals surface area (Å²) in [6, 6.07) is 4.70. The molecule has 0 aromatic heterocycles. The van der Waals surface area contributed by atoms with Crippen molar-refractivity contribution in [1.29, 1.82) is 0 Å². The molecular formula is C13H17NO3. The van der Waals surface area contributed by atoms with Gasteiger partial charge >= 0.3 is 5.97 Å². The standard InChI is InChI=1S/C13H17NO3/c1-4-5-10-6-7-11(12(8-10)16-3)17-13(15)9(2)14/h4,6-9H,1,5,14H2,2-3H3. The van der Waals surface area contributed by atoms with Gasteiger partial charge in [-0.15, -0.1) is 6.58 Å². The van der Waals surface area contributed by atoms with Crippen LogP contribution in [-0.4, -0.2) is 19.1 Å². The summed E-state index contributed by atoms with van der Waals surface area (Å²) in [6.45, 7) is 5.23. The number of carbonyl (C=O) groups is 1. The van der Waals surface area contributed by atoms with Gasteiger partial charge < -0.3 is 15.2 Å². The predicted octanol–water partition coefficient (Wildman–Crippen LogP) is 1.68. The molecule has 1 aromatic carbocycles. The molecule has 92 valence electrons. The molecule has 0 aliphatic heterocycles. The lowest BCUT2D eigenvalue weighted by Crippen LogP contribution is -2.30. The molecule has 0 fully saturated rings. The van der Waals surface area contributed by atoms with Crippen molar-refractivity contribution in [2.24, 2.45) is 5.73 Å². The van der Waals surface area contributed by atoms with Crippen LogP contribution in [0.1, 0.15) is 12.5 Å². The number of ether oxygens (including phenoxy) is 2. The van der Waals surface area contributed by atoms with E-state index in [1.54, 1.807) is 19.1 Å². The van der Waals surface area contributed by atoms with E-state index in [0.29, 0.717) is 11.5 Å². The van der Waals surface area contributed by atoms with Crippen molar-refractivity contribution in [3.8, 4) is 11.5 Å². The van der Waals surface area contributed by atoms with E-state index in [-0.39, 0.29) is 0 Å². The number of allylic oxidation sites excluding steroid dienone is 1. The van der Waals surface area contributed by atoms with Crippen molar-refractivity contribution < 1.29 is 14.3 Å². The van der Waals surface area contributed by atoms with Gasteiger partial charge in [-0.25, -0.2) is 4.79 Å². The van der Waals surface area contributed by atoms with E-state index in [1.807, 2.05) is 12.1 Å². The lowest BCUT2D eigenvalue weighted by atomic mass is 10.1. The molecule has 1 aromatic rings. The van der Waals surface area contributed by atoms with Gasteiger partial charge in [-0.05, 0) is 31.0 Å². The molecule has 0 aliphatic carbocycles. The molecule has 1 unspecified atom stereocenters. The molecule has 1 atom stereocenters. The predicted molar refractivity (Wildman–Crippen MR) is 66.2 cm³/mol. The van der Waals surface area contributed by atoms with Gasteiger partial charge in [0.05, 0.1) is 7.11 Å². The Bertz CT molecular complexity index is 413. The highest BCUT2D eigenvalue weighted by Gasteiger charge is 2.13. The van der Waals surface area contributed by atoms with Crippen LogP contribution in [-0.2, 0) is 11.2 Å². The van der Waals surface area contributed by atoms with E-state index in [0.717, 1.165) is 12.0 Å². The molecule has 0 saturated carbocycles. The van der Waals surface area contributed by atoms with Crippen molar-refractivity contribution in [3.05, 3.63) is 36.4 Å². The lowest BCUT2D eigenvalue weighted by molar-refractivity contribution is -0.135. The minimum atomic E-state index is -0.660. The van der Waals surface area contributed by atoms with Gasteiger partial charge in [-0.3, -0.25) is 0 Å². The van der Waals surface area contributed by atoms with Gasteiger partial charge in [-0.1, -0.05) is 12.1 Å². The van der Waals surface area contributed by atoms with E-state index >= 15 is 0 Å². The molecule has 17 heavy (non-hydrogen) atoms. The molecule has 0 spiro atoms. The molecule has 4 nitrogen and oxygen atoms in total. The van der Waals surface area contributed by atoms with Crippen LogP contribution < -0.4 is 15.2 Å². The first kappa shape index (κ1) is 13.3. The summed E-state index contributed by atoms with van der Waals surface area (Å²) in [5.41, 5.74) is 6.46. The van der Waals surface area contributed by atoms with Crippen LogP contribution in [0.25, 0.3) is 0 Å². The average Bonchev–Trinajstić information content (AvgIpc) is 2.31. The second-order valence-corrected chi connectivity index (χ2v) is 3.69. The van der Waals surface area contributed by atoms with Crippen LogP contribution >= 0.6 is 0 Å². The average molecular weight is 235 g/mol. The fourth-order valence-corrected chi connectivity index (χ4v) is 1.29. The molecule has 0 heterocycles. The monoisotopic (exact) mass is 235 g/mol. The first-order valence-electron chi connectivity index (χ1n) is 5.33. The maximum Gasteiger partial charge on any atom is 0.328 e. The third-order valence-corrected chi connectivity index (χ3v) is 2.19. The Morgan fingerprint density at radius 2 is 2.24 bits per heavy atom. The number of hydrogen-bond donors (Lipinski definition) is 1. The summed E-state index contributed by atoms with van der Waals surface area (Å²) >= 11 is 0. The van der Waals surface area contributed by atoms with E-state index < -0.39 is 12.0 Å². The molecule has 4 heteroatoms. The first-order valence-corrected chi connectivity index (χ1v) is 5.33. The summed E-state index contributed by atoms with van der Waals surface area (Å²) in [7, 11) is 1.52. The number of esters is 1. The third-order valence-electron chi connectivity index (χ3n) is 2.19. The highest BCUT2D eigenvalue weighted by molar-refractivity contribution is 5.78. The summed E-state index contributed by atoms with van der Waals surface area (Å²) < 4.78 is 10.3. The first-order chi connectivity index (χ1) is 8.08. The lowest BCUT2D eigenvalue weighted by Gasteiger charge is -2.11. The molecular weight excluding hydrogens is 218 g/mol. The van der Waals surface area contributed by atoms with Gasteiger partial charge in [0, 0.05) is 0 Å². The summed E-state index contributed by atoms with van der Waals surface area (Å²) in [5.74, 6) is 0.403. The maximum atomic E-state index is 11.4. The summed E-state index contributed by atoms with van der Waals surface area (Å²) in [4.78, 5) is 11.4. The van der Waals surface area contributed by atoms with Gasteiger partial charge in [0.2, 0.25) is 0 Å². The Morgan fingerprint density at radius 3 is 2.76 bits per heavy atom. The van der Waals surface area contributed by atoms with Crippen LogP contribution in [0.2, 0.25) is 0 Å².